The highest BCUT2D eigenvalue weighted by Gasteiger charge is 2.26. The van der Waals surface area contributed by atoms with Gasteiger partial charge in [0.25, 0.3) is 0 Å². The second-order valence-corrected chi connectivity index (χ2v) is 7.65. The first-order valence-electron chi connectivity index (χ1n) is 8.98. The highest BCUT2D eigenvalue weighted by Crippen LogP contribution is 2.31. The molecule has 7 heteroatoms. The van der Waals surface area contributed by atoms with Gasteiger partial charge in [0, 0.05) is 43.9 Å². The van der Waals surface area contributed by atoms with E-state index in [1.54, 1.807) is 11.8 Å². The summed E-state index contributed by atoms with van der Waals surface area (Å²) in [6.07, 6.45) is 5.49. The van der Waals surface area contributed by atoms with Crippen LogP contribution in [-0.4, -0.2) is 52.5 Å². The van der Waals surface area contributed by atoms with Gasteiger partial charge in [0.15, 0.2) is 5.16 Å². The normalized spacial score (nSPS) is 18.0. The van der Waals surface area contributed by atoms with Gasteiger partial charge in [-0.3, -0.25) is 4.90 Å². The molecule has 0 radical (unpaired) electrons. The topological polar surface area (TPSA) is 58.3 Å². The quantitative estimate of drug-likeness (QED) is 0.614. The van der Waals surface area contributed by atoms with Crippen LogP contribution < -0.4 is 4.90 Å². The van der Waals surface area contributed by atoms with Crippen molar-refractivity contribution in [2.75, 3.05) is 37.3 Å². The van der Waals surface area contributed by atoms with Crippen LogP contribution in [0.5, 0.6) is 0 Å². The average molecular weight is 359 g/mol. The van der Waals surface area contributed by atoms with Crippen LogP contribution in [0.15, 0.2) is 9.68 Å². The molecule has 25 heavy (non-hydrogen) atoms. The third-order valence-electron chi connectivity index (χ3n) is 5.31. The molecule has 0 atom stereocenters. The van der Waals surface area contributed by atoms with Crippen LogP contribution in [0.3, 0.4) is 0 Å². The summed E-state index contributed by atoms with van der Waals surface area (Å²) in [5, 5.41) is 4.98. The van der Waals surface area contributed by atoms with Crippen molar-refractivity contribution in [3.63, 3.8) is 0 Å². The van der Waals surface area contributed by atoms with E-state index in [9.17, 15) is 0 Å². The fraction of sp³-hybridized carbons (Fsp3) is 0.611. The van der Waals surface area contributed by atoms with Gasteiger partial charge >= 0.3 is 0 Å². The van der Waals surface area contributed by atoms with E-state index in [1.807, 2.05) is 13.8 Å². The van der Waals surface area contributed by atoms with Crippen molar-refractivity contribution in [2.45, 2.75) is 44.8 Å². The molecule has 1 aliphatic carbocycles. The summed E-state index contributed by atoms with van der Waals surface area (Å²) >= 11 is 1.64. The van der Waals surface area contributed by atoms with Gasteiger partial charge < -0.3 is 9.42 Å². The lowest BCUT2D eigenvalue weighted by Crippen LogP contribution is -2.46. The largest absolute Gasteiger partial charge is 0.361 e. The van der Waals surface area contributed by atoms with Crippen LogP contribution in [-0.2, 0) is 19.4 Å². The summed E-state index contributed by atoms with van der Waals surface area (Å²) in [5.74, 6) is 2.13. The van der Waals surface area contributed by atoms with Crippen molar-refractivity contribution in [1.29, 1.82) is 0 Å². The number of fused-ring (bicyclic) bond motifs is 1. The molecule has 0 amide bonds. The molecule has 134 valence electrons. The summed E-state index contributed by atoms with van der Waals surface area (Å²) in [6, 6.07) is 0. The number of hydrogen-bond donors (Lipinski definition) is 0. The minimum atomic E-state index is 0.911. The van der Waals surface area contributed by atoms with Gasteiger partial charge in [-0.1, -0.05) is 16.9 Å². The second kappa shape index (κ2) is 6.96. The summed E-state index contributed by atoms with van der Waals surface area (Å²) in [6.45, 7) is 9.05. The zero-order chi connectivity index (χ0) is 17.4. The Bertz CT molecular complexity index is 748. The Kier molecular flexibility index (Phi) is 4.69. The molecule has 0 saturated carbocycles. The zero-order valence-electron chi connectivity index (χ0n) is 15.2. The Morgan fingerprint density at radius 2 is 1.88 bits per heavy atom. The van der Waals surface area contributed by atoms with Gasteiger partial charge in [-0.2, -0.15) is 0 Å². The maximum atomic E-state index is 5.30. The van der Waals surface area contributed by atoms with E-state index in [2.05, 4.69) is 21.2 Å². The highest BCUT2D eigenvalue weighted by molar-refractivity contribution is 7.98. The van der Waals surface area contributed by atoms with Gasteiger partial charge in [-0.15, -0.1) is 0 Å². The fourth-order valence-corrected chi connectivity index (χ4v) is 4.19. The summed E-state index contributed by atoms with van der Waals surface area (Å²) in [7, 11) is 0. The molecule has 0 N–H and O–H groups in total. The highest BCUT2D eigenvalue weighted by atomic mass is 32.2. The molecule has 1 fully saturated rings. The number of piperazine rings is 1. The number of thioether (sulfide) groups is 1. The van der Waals surface area contributed by atoms with Crippen molar-refractivity contribution in [3.05, 3.63) is 28.3 Å². The Labute approximate surface area is 153 Å². The van der Waals surface area contributed by atoms with Crippen LogP contribution in [0, 0.1) is 13.8 Å². The second-order valence-electron chi connectivity index (χ2n) is 6.88. The number of anilines is 1. The zero-order valence-corrected chi connectivity index (χ0v) is 16.0. The van der Waals surface area contributed by atoms with Crippen molar-refractivity contribution in [3.8, 4) is 0 Å². The molecule has 0 unspecified atom stereocenters. The molecule has 1 aliphatic heterocycles. The lowest BCUT2D eigenvalue weighted by molar-refractivity contribution is 0.247. The molecule has 4 rings (SSSR count). The first-order chi connectivity index (χ1) is 12.2. The SMILES string of the molecule is CSc1nc2c(c(N3CCN(Cc4c(C)noc4C)CC3)n1)CCC2. The molecular weight excluding hydrogens is 334 g/mol. The minimum Gasteiger partial charge on any atom is -0.361 e. The first-order valence-corrected chi connectivity index (χ1v) is 10.2. The van der Waals surface area contributed by atoms with Gasteiger partial charge in [-0.05, 0) is 39.4 Å². The van der Waals surface area contributed by atoms with E-state index >= 15 is 0 Å². The molecule has 2 aliphatic rings. The molecule has 2 aromatic rings. The van der Waals surface area contributed by atoms with E-state index in [1.165, 1.54) is 29.1 Å². The maximum absolute atomic E-state index is 5.30. The van der Waals surface area contributed by atoms with Gasteiger partial charge in [0.05, 0.1) is 11.4 Å². The summed E-state index contributed by atoms with van der Waals surface area (Å²) < 4.78 is 5.30. The smallest absolute Gasteiger partial charge is 0.189 e. The third kappa shape index (κ3) is 3.27. The summed E-state index contributed by atoms with van der Waals surface area (Å²) in [4.78, 5) is 14.5. The minimum absolute atomic E-state index is 0.911. The fourth-order valence-electron chi connectivity index (χ4n) is 3.81. The Morgan fingerprint density at radius 1 is 1.08 bits per heavy atom. The predicted octanol–water partition coefficient (Wildman–Crippen LogP) is 2.61. The molecule has 1 saturated heterocycles. The standard InChI is InChI=1S/C18H25N5OS/c1-12-15(13(2)24-21-12)11-22-7-9-23(10-8-22)17-14-5-4-6-16(14)19-18(20-17)25-3/h4-11H2,1-3H3. The number of aryl methyl sites for hydroxylation is 3. The lowest BCUT2D eigenvalue weighted by Gasteiger charge is -2.36. The first kappa shape index (κ1) is 16.8. The third-order valence-corrected chi connectivity index (χ3v) is 5.86. The predicted molar refractivity (Wildman–Crippen MR) is 99.3 cm³/mol. The number of rotatable bonds is 4. The molecule has 6 nitrogen and oxygen atoms in total. The Hall–Kier alpha value is -1.60. The van der Waals surface area contributed by atoms with Crippen molar-refractivity contribution < 1.29 is 4.52 Å². The van der Waals surface area contributed by atoms with Crippen LogP contribution in [0.25, 0.3) is 0 Å². The Morgan fingerprint density at radius 3 is 2.56 bits per heavy atom. The molecule has 2 aromatic heterocycles. The van der Waals surface area contributed by atoms with Crippen LogP contribution in [0.2, 0.25) is 0 Å². The molecule has 0 aromatic carbocycles. The van der Waals surface area contributed by atoms with E-state index in [-0.39, 0.29) is 0 Å². The molecular formula is C18H25N5OS. The number of nitrogens with zero attached hydrogens (tertiary/aromatic N) is 5. The van der Waals surface area contributed by atoms with Gasteiger partial charge in [0.2, 0.25) is 0 Å². The van der Waals surface area contributed by atoms with E-state index < -0.39 is 0 Å². The van der Waals surface area contributed by atoms with E-state index in [0.29, 0.717) is 0 Å². The van der Waals surface area contributed by atoms with E-state index in [0.717, 1.165) is 62.2 Å². The van der Waals surface area contributed by atoms with Gasteiger partial charge in [0.1, 0.15) is 11.6 Å². The molecule has 0 bridgehead atoms. The molecule has 3 heterocycles. The van der Waals surface area contributed by atoms with Crippen molar-refractivity contribution in [1.82, 2.24) is 20.0 Å². The lowest BCUT2D eigenvalue weighted by atomic mass is 10.1. The van der Waals surface area contributed by atoms with Crippen LogP contribution >= 0.6 is 11.8 Å². The van der Waals surface area contributed by atoms with Crippen molar-refractivity contribution in [2.24, 2.45) is 0 Å². The van der Waals surface area contributed by atoms with E-state index in [4.69, 9.17) is 14.5 Å². The monoisotopic (exact) mass is 359 g/mol. The van der Waals surface area contributed by atoms with Crippen LogP contribution in [0.4, 0.5) is 5.82 Å². The number of aromatic nitrogens is 3. The van der Waals surface area contributed by atoms with Crippen molar-refractivity contribution >= 4 is 17.6 Å². The average Bonchev–Trinajstić information content (AvgIpc) is 3.23. The maximum Gasteiger partial charge on any atom is 0.189 e. The summed E-state index contributed by atoms with van der Waals surface area (Å²) in [5.41, 5.74) is 4.91. The van der Waals surface area contributed by atoms with Crippen LogP contribution in [0.1, 0.15) is 34.7 Å². The van der Waals surface area contributed by atoms with Gasteiger partial charge in [-0.25, -0.2) is 9.97 Å². The molecule has 0 spiro atoms. The Balaban J connectivity index is 1.47. The number of hydrogen-bond acceptors (Lipinski definition) is 7.